The number of nitrogens with zero attached hydrogens (tertiary/aromatic N) is 2. The van der Waals surface area contributed by atoms with Gasteiger partial charge in [-0.25, -0.2) is 0 Å². The molecule has 0 spiro atoms. The van der Waals surface area contributed by atoms with Crippen LogP contribution in [0.1, 0.15) is 39.5 Å². The zero-order valence-corrected chi connectivity index (χ0v) is 16.2. The highest BCUT2D eigenvalue weighted by atomic mass is 32.1. The highest BCUT2D eigenvalue weighted by Crippen LogP contribution is 2.33. The molecule has 1 unspecified atom stereocenters. The molecule has 1 N–H and O–H groups in total. The lowest BCUT2D eigenvalue weighted by Crippen LogP contribution is -2.26. The Morgan fingerprint density at radius 3 is 2.74 bits per heavy atom. The molecule has 3 heterocycles. The largest absolute Gasteiger partial charge is 0.347 e. The Morgan fingerprint density at radius 1 is 1.19 bits per heavy atom. The van der Waals surface area contributed by atoms with Crippen LogP contribution in [0.15, 0.2) is 67.0 Å². The molecule has 0 aliphatic carbocycles. The minimum absolute atomic E-state index is 0.0665. The number of hydrogen-bond acceptors (Lipinski definition) is 3. The van der Waals surface area contributed by atoms with Crippen molar-refractivity contribution in [3.05, 3.63) is 88.7 Å². The summed E-state index contributed by atoms with van der Waals surface area (Å²) < 4.78 is 3.29. The normalized spacial score (nSPS) is 12.2. The maximum atomic E-state index is 13.0. The van der Waals surface area contributed by atoms with Gasteiger partial charge in [-0.1, -0.05) is 36.4 Å². The fraction of sp³-hybridized carbons (Fsp3) is 0.182. The molecule has 1 amide bonds. The molecular weight excluding hydrogens is 354 g/mol. The van der Waals surface area contributed by atoms with Crippen LogP contribution in [0, 0.1) is 6.92 Å². The van der Waals surface area contributed by atoms with Gasteiger partial charge in [0.05, 0.1) is 16.3 Å². The van der Waals surface area contributed by atoms with E-state index in [9.17, 15) is 4.79 Å². The molecule has 1 aromatic carbocycles. The minimum atomic E-state index is -0.0670. The van der Waals surface area contributed by atoms with Crippen LogP contribution in [0.25, 0.3) is 10.2 Å². The SMILES string of the molecule is Cc1cc2c(cc(C(=O)NCc3cccnc3)n2C(C)c2ccccc2)s1. The van der Waals surface area contributed by atoms with E-state index in [2.05, 4.69) is 46.9 Å². The van der Waals surface area contributed by atoms with Crippen LogP contribution in [0.5, 0.6) is 0 Å². The highest BCUT2D eigenvalue weighted by Gasteiger charge is 2.21. The van der Waals surface area contributed by atoms with Gasteiger partial charge in [0.1, 0.15) is 5.69 Å². The predicted octanol–water partition coefficient (Wildman–Crippen LogP) is 4.95. The molecule has 4 aromatic rings. The molecule has 4 nitrogen and oxygen atoms in total. The average Bonchev–Trinajstić information content (AvgIpc) is 3.23. The number of hydrogen-bond donors (Lipinski definition) is 1. The fourth-order valence-corrected chi connectivity index (χ4v) is 4.33. The number of carbonyl (C=O) groups is 1. The van der Waals surface area contributed by atoms with Gasteiger partial charge in [-0.2, -0.15) is 0 Å². The molecule has 27 heavy (non-hydrogen) atoms. The average molecular weight is 375 g/mol. The van der Waals surface area contributed by atoms with E-state index in [1.807, 2.05) is 36.4 Å². The first kappa shape index (κ1) is 17.5. The van der Waals surface area contributed by atoms with Crippen molar-refractivity contribution in [1.29, 1.82) is 0 Å². The van der Waals surface area contributed by atoms with E-state index in [1.54, 1.807) is 23.7 Å². The van der Waals surface area contributed by atoms with E-state index in [1.165, 1.54) is 10.4 Å². The van der Waals surface area contributed by atoms with Gasteiger partial charge in [0.15, 0.2) is 0 Å². The van der Waals surface area contributed by atoms with Gasteiger partial charge < -0.3 is 9.88 Å². The van der Waals surface area contributed by atoms with Crippen molar-refractivity contribution in [2.45, 2.75) is 26.4 Å². The number of nitrogens with one attached hydrogen (secondary N) is 1. The van der Waals surface area contributed by atoms with Crippen molar-refractivity contribution < 1.29 is 4.79 Å². The molecule has 0 aliphatic rings. The number of pyridine rings is 1. The summed E-state index contributed by atoms with van der Waals surface area (Å²) in [7, 11) is 0. The van der Waals surface area contributed by atoms with Gasteiger partial charge >= 0.3 is 0 Å². The number of aromatic nitrogens is 2. The van der Waals surface area contributed by atoms with Crippen molar-refractivity contribution in [2.75, 3.05) is 0 Å². The molecule has 0 bridgehead atoms. The number of thiophene rings is 1. The van der Waals surface area contributed by atoms with Crippen molar-refractivity contribution in [1.82, 2.24) is 14.9 Å². The maximum Gasteiger partial charge on any atom is 0.268 e. The van der Waals surface area contributed by atoms with Crippen LogP contribution in [-0.4, -0.2) is 15.5 Å². The molecule has 0 aliphatic heterocycles. The molecule has 0 saturated carbocycles. The van der Waals surface area contributed by atoms with E-state index >= 15 is 0 Å². The maximum absolute atomic E-state index is 13.0. The standard InChI is InChI=1S/C22H21N3OS/c1-15-11-19-21(27-15)12-20(22(26)24-14-17-7-6-10-23-13-17)25(19)16(2)18-8-4-3-5-9-18/h3-13,16H,14H2,1-2H3,(H,24,26). The number of amides is 1. The number of rotatable bonds is 5. The van der Waals surface area contributed by atoms with Crippen molar-refractivity contribution in [2.24, 2.45) is 0 Å². The van der Waals surface area contributed by atoms with Gasteiger partial charge in [0, 0.05) is 23.8 Å². The number of aryl methyl sites for hydroxylation is 1. The van der Waals surface area contributed by atoms with E-state index < -0.39 is 0 Å². The second-order valence-corrected chi connectivity index (χ2v) is 7.92. The van der Waals surface area contributed by atoms with Crippen molar-refractivity contribution in [3.63, 3.8) is 0 Å². The number of benzene rings is 1. The lowest BCUT2D eigenvalue weighted by Gasteiger charge is -2.19. The number of fused-ring (bicyclic) bond motifs is 1. The second-order valence-electron chi connectivity index (χ2n) is 6.64. The first-order valence-corrected chi connectivity index (χ1v) is 9.78. The lowest BCUT2D eigenvalue weighted by atomic mass is 10.1. The van der Waals surface area contributed by atoms with E-state index in [0.29, 0.717) is 12.2 Å². The van der Waals surface area contributed by atoms with Crippen LogP contribution >= 0.6 is 11.3 Å². The zero-order valence-electron chi connectivity index (χ0n) is 15.3. The summed E-state index contributed by atoms with van der Waals surface area (Å²) in [6.45, 7) is 4.70. The Bertz CT molecular complexity index is 1070. The van der Waals surface area contributed by atoms with E-state index in [-0.39, 0.29) is 11.9 Å². The second kappa shape index (κ2) is 7.37. The molecule has 1 atom stereocenters. The summed E-state index contributed by atoms with van der Waals surface area (Å²) in [6.07, 6.45) is 3.50. The number of carbonyl (C=O) groups excluding carboxylic acids is 1. The Hall–Kier alpha value is -2.92. The Morgan fingerprint density at radius 2 is 2.00 bits per heavy atom. The van der Waals surface area contributed by atoms with Gasteiger partial charge in [-0.15, -0.1) is 11.3 Å². The molecule has 0 radical (unpaired) electrons. The molecule has 4 rings (SSSR count). The van der Waals surface area contributed by atoms with E-state index in [4.69, 9.17) is 0 Å². The third-order valence-electron chi connectivity index (χ3n) is 4.73. The summed E-state index contributed by atoms with van der Waals surface area (Å²) in [5, 5.41) is 3.03. The summed E-state index contributed by atoms with van der Waals surface area (Å²) in [5.41, 5.74) is 3.97. The van der Waals surface area contributed by atoms with Crippen molar-refractivity contribution in [3.8, 4) is 0 Å². The topological polar surface area (TPSA) is 46.9 Å². The monoisotopic (exact) mass is 375 g/mol. The summed E-state index contributed by atoms with van der Waals surface area (Å²) in [4.78, 5) is 18.3. The van der Waals surface area contributed by atoms with Gasteiger partial charge in [0.25, 0.3) is 5.91 Å². The van der Waals surface area contributed by atoms with Crippen molar-refractivity contribution >= 4 is 27.5 Å². The molecule has 5 heteroatoms. The zero-order chi connectivity index (χ0) is 18.8. The smallest absolute Gasteiger partial charge is 0.268 e. The molecule has 0 saturated heterocycles. The van der Waals surface area contributed by atoms with Crippen LogP contribution in [0.4, 0.5) is 0 Å². The predicted molar refractivity (Wildman–Crippen MR) is 110 cm³/mol. The van der Waals surface area contributed by atoms with Gasteiger partial charge in [-0.3, -0.25) is 9.78 Å². The lowest BCUT2D eigenvalue weighted by molar-refractivity contribution is 0.0941. The summed E-state index contributed by atoms with van der Waals surface area (Å²) in [5.74, 6) is -0.0670. The first-order valence-electron chi connectivity index (χ1n) is 8.97. The first-order chi connectivity index (χ1) is 13.1. The van der Waals surface area contributed by atoms with Crippen LogP contribution in [-0.2, 0) is 6.54 Å². The molecule has 0 fully saturated rings. The Kier molecular flexibility index (Phi) is 4.77. The minimum Gasteiger partial charge on any atom is -0.347 e. The third kappa shape index (κ3) is 3.51. The van der Waals surface area contributed by atoms with Gasteiger partial charge in [0.2, 0.25) is 0 Å². The van der Waals surface area contributed by atoms with Crippen LogP contribution < -0.4 is 5.32 Å². The van der Waals surface area contributed by atoms with Crippen LogP contribution in [0.2, 0.25) is 0 Å². The highest BCUT2D eigenvalue weighted by molar-refractivity contribution is 7.19. The quantitative estimate of drug-likeness (QED) is 0.537. The van der Waals surface area contributed by atoms with Crippen LogP contribution in [0.3, 0.4) is 0 Å². The van der Waals surface area contributed by atoms with Gasteiger partial charge in [-0.05, 0) is 43.2 Å². The Balaban J connectivity index is 1.69. The molecule has 3 aromatic heterocycles. The molecule has 136 valence electrons. The fourth-order valence-electron chi connectivity index (χ4n) is 3.38. The third-order valence-corrected chi connectivity index (χ3v) is 5.71. The summed E-state index contributed by atoms with van der Waals surface area (Å²) in [6, 6.07) is 18.4. The summed E-state index contributed by atoms with van der Waals surface area (Å²) >= 11 is 1.72. The molecular formula is C22H21N3OS. The van der Waals surface area contributed by atoms with E-state index in [0.717, 1.165) is 15.8 Å². The Labute approximate surface area is 162 Å².